The quantitative estimate of drug-likeness (QED) is 0.777. The molecule has 1 fully saturated rings. The Morgan fingerprint density at radius 3 is 2.19 bits per heavy atom. The van der Waals surface area contributed by atoms with Gasteiger partial charge in [0.25, 0.3) is 0 Å². The second kappa shape index (κ2) is 4.80. The largest absolute Gasteiger partial charge is 0.389 e. The fourth-order valence-corrected chi connectivity index (χ4v) is 2.04. The van der Waals surface area contributed by atoms with Crippen LogP contribution in [-0.2, 0) is 0 Å². The summed E-state index contributed by atoms with van der Waals surface area (Å²) in [6, 6.07) is 8.19. The maximum absolute atomic E-state index is 5.57. The van der Waals surface area contributed by atoms with Crippen molar-refractivity contribution in [2.45, 2.75) is 0 Å². The smallest absolute Gasteiger partial charge is 0.103 e. The van der Waals surface area contributed by atoms with Crippen LogP contribution in [0.5, 0.6) is 0 Å². The Labute approximate surface area is 102 Å². The Balaban J connectivity index is 2.07. The molecule has 2 rings (SSSR count). The number of hydrogen-bond acceptors (Lipinski definition) is 3. The topological polar surface area (TPSA) is 32.5 Å². The molecule has 0 aromatic heterocycles. The lowest BCUT2D eigenvalue weighted by Gasteiger charge is -2.34. The van der Waals surface area contributed by atoms with Crippen LogP contribution in [-0.4, -0.2) is 43.1 Å². The molecule has 0 atom stereocenters. The molecular formula is C12H17N3S. The van der Waals surface area contributed by atoms with Crippen LogP contribution in [0.15, 0.2) is 24.3 Å². The van der Waals surface area contributed by atoms with Crippen molar-refractivity contribution >= 4 is 22.9 Å². The molecule has 1 aromatic carbocycles. The number of thiocarbonyl (C=S) groups is 1. The molecule has 0 bridgehead atoms. The minimum absolute atomic E-state index is 0.463. The summed E-state index contributed by atoms with van der Waals surface area (Å²) >= 11 is 4.93. The van der Waals surface area contributed by atoms with E-state index in [1.54, 1.807) is 0 Å². The molecule has 2 N–H and O–H groups in total. The third-order valence-corrected chi connectivity index (χ3v) is 3.26. The van der Waals surface area contributed by atoms with Crippen LogP contribution < -0.4 is 10.6 Å². The van der Waals surface area contributed by atoms with Crippen LogP contribution in [0.3, 0.4) is 0 Å². The maximum atomic E-state index is 5.57. The first-order valence-corrected chi connectivity index (χ1v) is 5.91. The standard InChI is InChI=1S/C12H17N3S/c1-14-6-8-15(9-7-14)11-4-2-10(3-5-11)12(13)16/h2-5H,6-9H2,1H3,(H2,13,16). The fourth-order valence-electron chi connectivity index (χ4n) is 1.90. The van der Waals surface area contributed by atoms with E-state index in [1.165, 1.54) is 5.69 Å². The minimum atomic E-state index is 0.463. The predicted octanol–water partition coefficient (Wildman–Crippen LogP) is 1.07. The van der Waals surface area contributed by atoms with Crippen molar-refractivity contribution in [1.82, 2.24) is 4.90 Å². The van der Waals surface area contributed by atoms with Crippen molar-refractivity contribution in [2.24, 2.45) is 5.73 Å². The Hall–Kier alpha value is -1.13. The van der Waals surface area contributed by atoms with Crippen LogP contribution in [0.2, 0.25) is 0 Å². The van der Waals surface area contributed by atoms with Crippen molar-refractivity contribution in [1.29, 1.82) is 0 Å². The van der Waals surface area contributed by atoms with Gasteiger partial charge in [-0.2, -0.15) is 0 Å². The molecule has 1 aliphatic heterocycles. The van der Waals surface area contributed by atoms with Gasteiger partial charge in [0.15, 0.2) is 0 Å². The highest BCUT2D eigenvalue weighted by molar-refractivity contribution is 7.80. The molecule has 0 amide bonds. The Bertz CT molecular complexity index is 366. The van der Waals surface area contributed by atoms with E-state index in [9.17, 15) is 0 Å². The lowest BCUT2D eigenvalue weighted by Crippen LogP contribution is -2.44. The number of hydrogen-bond donors (Lipinski definition) is 1. The van der Waals surface area contributed by atoms with Crippen LogP contribution in [0.25, 0.3) is 0 Å². The number of nitrogens with two attached hydrogens (primary N) is 1. The molecule has 3 nitrogen and oxygen atoms in total. The van der Waals surface area contributed by atoms with Gasteiger partial charge in [-0.15, -0.1) is 0 Å². The summed E-state index contributed by atoms with van der Waals surface area (Å²) in [5.41, 5.74) is 7.77. The monoisotopic (exact) mass is 235 g/mol. The van der Waals surface area contributed by atoms with Crippen molar-refractivity contribution in [2.75, 3.05) is 38.1 Å². The Morgan fingerprint density at radius 2 is 1.69 bits per heavy atom. The van der Waals surface area contributed by atoms with Crippen LogP contribution in [0, 0.1) is 0 Å². The minimum Gasteiger partial charge on any atom is -0.389 e. The van der Waals surface area contributed by atoms with E-state index >= 15 is 0 Å². The van der Waals surface area contributed by atoms with Gasteiger partial charge >= 0.3 is 0 Å². The highest BCUT2D eigenvalue weighted by Gasteiger charge is 2.13. The average molecular weight is 235 g/mol. The van der Waals surface area contributed by atoms with E-state index in [0.717, 1.165) is 31.7 Å². The third kappa shape index (κ3) is 2.51. The van der Waals surface area contributed by atoms with Gasteiger partial charge < -0.3 is 15.5 Å². The summed E-state index contributed by atoms with van der Waals surface area (Å²) in [4.78, 5) is 5.20. The molecule has 1 aliphatic rings. The van der Waals surface area contributed by atoms with E-state index in [4.69, 9.17) is 18.0 Å². The lowest BCUT2D eigenvalue weighted by molar-refractivity contribution is 0.313. The number of nitrogens with zero attached hydrogens (tertiary/aromatic N) is 2. The van der Waals surface area contributed by atoms with E-state index in [1.807, 2.05) is 12.1 Å². The number of anilines is 1. The van der Waals surface area contributed by atoms with Crippen molar-refractivity contribution < 1.29 is 0 Å². The second-order valence-electron chi connectivity index (χ2n) is 4.20. The molecule has 1 saturated heterocycles. The molecule has 1 heterocycles. The second-order valence-corrected chi connectivity index (χ2v) is 4.64. The summed E-state index contributed by atoms with van der Waals surface area (Å²) in [5, 5.41) is 0. The highest BCUT2D eigenvalue weighted by atomic mass is 32.1. The Morgan fingerprint density at radius 1 is 1.12 bits per heavy atom. The number of benzene rings is 1. The zero-order valence-corrected chi connectivity index (χ0v) is 10.3. The van der Waals surface area contributed by atoms with Crippen molar-refractivity contribution in [3.63, 3.8) is 0 Å². The first-order valence-electron chi connectivity index (χ1n) is 5.50. The SMILES string of the molecule is CN1CCN(c2ccc(C(N)=S)cc2)CC1. The van der Waals surface area contributed by atoms with E-state index in [-0.39, 0.29) is 0 Å². The molecule has 86 valence electrons. The molecule has 0 aliphatic carbocycles. The van der Waals surface area contributed by atoms with Crippen LogP contribution in [0.1, 0.15) is 5.56 Å². The van der Waals surface area contributed by atoms with Gasteiger partial charge in [-0.25, -0.2) is 0 Å². The van der Waals surface area contributed by atoms with Crippen molar-refractivity contribution in [3.05, 3.63) is 29.8 Å². The summed E-state index contributed by atoms with van der Waals surface area (Å²) in [5.74, 6) is 0. The first-order chi connectivity index (χ1) is 7.66. The molecule has 0 spiro atoms. The van der Waals surface area contributed by atoms with Gasteiger partial charge in [0.1, 0.15) is 4.99 Å². The molecule has 0 saturated carbocycles. The first kappa shape index (κ1) is 11.4. The number of rotatable bonds is 2. The molecule has 1 aromatic rings. The zero-order chi connectivity index (χ0) is 11.5. The number of likely N-dealkylation sites (N-methyl/N-ethyl adjacent to an activating group) is 1. The number of piperazine rings is 1. The van der Waals surface area contributed by atoms with E-state index in [0.29, 0.717) is 4.99 Å². The molecular weight excluding hydrogens is 218 g/mol. The molecule has 0 unspecified atom stereocenters. The van der Waals surface area contributed by atoms with Gasteiger partial charge in [0.2, 0.25) is 0 Å². The van der Waals surface area contributed by atoms with Gasteiger partial charge in [-0.05, 0) is 31.3 Å². The van der Waals surface area contributed by atoms with Crippen LogP contribution in [0.4, 0.5) is 5.69 Å². The third-order valence-electron chi connectivity index (χ3n) is 3.02. The van der Waals surface area contributed by atoms with Gasteiger partial charge in [-0.3, -0.25) is 0 Å². The van der Waals surface area contributed by atoms with E-state index in [2.05, 4.69) is 29.0 Å². The molecule has 16 heavy (non-hydrogen) atoms. The zero-order valence-electron chi connectivity index (χ0n) is 9.52. The van der Waals surface area contributed by atoms with Gasteiger partial charge in [0.05, 0.1) is 0 Å². The summed E-state index contributed by atoms with van der Waals surface area (Å²) < 4.78 is 0. The van der Waals surface area contributed by atoms with Crippen LogP contribution >= 0.6 is 12.2 Å². The average Bonchev–Trinajstić information content (AvgIpc) is 2.30. The molecule has 0 radical (unpaired) electrons. The highest BCUT2D eigenvalue weighted by Crippen LogP contribution is 2.16. The summed E-state index contributed by atoms with van der Waals surface area (Å²) in [6.45, 7) is 4.42. The Kier molecular flexibility index (Phi) is 3.41. The fraction of sp³-hybridized carbons (Fsp3) is 0.417. The predicted molar refractivity (Wildman–Crippen MR) is 72.0 cm³/mol. The van der Waals surface area contributed by atoms with Crippen molar-refractivity contribution in [3.8, 4) is 0 Å². The molecule has 4 heteroatoms. The van der Waals surface area contributed by atoms with E-state index < -0.39 is 0 Å². The summed E-state index contributed by atoms with van der Waals surface area (Å²) in [6.07, 6.45) is 0. The normalized spacial score (nSPS) is 17.4. The lowest BCUT2D eigenvalue weighted by atomic mass is 10.2. The van der Waals surface area contributed by atoms with Gasteiger partial charge in [0, 0.05) is 37.4 Å². The van der Waals surface area contributed by atoms with Gasteiger partial charge in [-0.1, -0.05) is 12.2 Å². The summed E-state index contributed by atoms with van der Waals surface area (Å²) in [7, 11) is 2.16. The maximum Gasteiger partial charge on any atom is 0.103 e.